The Labute approximate surface area is 122 Å². The van der Waals surface area contributed by atoms with Gasteiger partial charge in [-0.05, 0) is 31.2 Å². The van der Waals surface area contributed by atoms with Crippen LogP contribution in [0.5, 0.6) is 0 Å². The third-order valence-corrected chi connectivity index (χ3v) is 4.07. The lowest BCUT2D eigenvalue weighted by Crippen LogP contribution is -2.45. The molecule has 0 bridgehead atoms. The van der Waals surface area contributed by atoms with Gasteiger partial charge in [0.1, 0.15) is 11.4 Å². The van der Waals surface area contributed by atoms with E-state index in [0.717, 1.165) is 23.7 Å². The first-order chi connectivity index (χ1) is 9.54. The number of hydrogen-bond acceptors (Lipinski definition) is 5. The van der Waals surface area contributed by atoms with Gasteiger partial charge in [0.2, 0.25) is 0 Å². The molecule has 1 atom stereocenters. The third kappa shape index (κ3) is 3.26. The minimum Gasteiger partial charge on any atom is -0.468 e. The number of nitrogens with zero attached hydrogens (tertiary/aromatic N) is 2. The highest BCUT2D eigenvalue weighted by molar-refractivity contribution is 7.13. The maximum Gasteiger partial charge on any atom is 0.325 e. The lowest BCUT2D eigenvalue weighted by molar-refractivity contribution is -0.146. The predicted octanol–water partition coefficient (Wildman–Crippen LogP) is 2.28. The zero-order chi connectivity index (χ0) is 14.6. The van der Waals surface area contributed by atoms with Gasteiger partial charge in [-0.1, -0.05) is 6.07 Å². The van der Waals surface area contributed by atoms with E-state index in [0.29, 0.717) is 6.42 Å². The number of carbonyl (C=O) groups is 1. The van der Waals surface area contributed by atoms with Crippen molar-refractivity contribution in [2.45, 2.75) is 31.8 Å². The molecule has 2 aromatic rings. The number of carbonyl (C=O) groups excluding carboxylic acids is 1. The number of ether oxygens (including phenoxy) is 1. The Morgan fingerprint density at radius 2 is 2.40 bits per heavy atom. The lowest BCUT2D eigenvalue weighted by Gasteiger charge is -2.21. The Balaban J connectivity index is 1.96. The number of hydrogen-bond donors (Lipinski definition) is 1. The molecule has 6 heteroatoms. The van der Waals surface area contributed by atoms with Crippen molar-refractivity contribution in [3.63, 3.8) is 0 Å². The molecule has 108 valence electrons. The molecule has 0 fully saturated rings. The molecule has 1 unspecified atom stereocenters. The largest absolute Gasteiger partial charge is 0.468 e. The summed E-state index contributed by atoms with van der Waals surface area (Å²) < 4.78 is 6.79. The Bertz CT molecular complexity index is 561. The van der Waals surface area contributed by atoms with Gasteiger partial charge in [-0.3, -0.25) is 4.79 Å². The number of aryl methyl sites for hydroxylation is 1. The van der Waals surface area contributed by atoms with E-state index in [1.807, 2.05) is 23.7 Å². The van der Waals surface area contributed by atoms with Crippen LogP contribution < -0.4 is 5.73 Å². The summed E-state index contributed by atoms with van der Waals surface area (Å²) in [6, 6.07) is 4.05. The van der Waals surface area contributed by atoms with Crippen molar-refractivity contribution in [2.24, 2.45) is 5.73 Å². The van der Waals surface area contributed by atoms with Crippen molar-refractivity contribution in [1.29, 1.82) is 0 Å². The van der Waals surface area contributed by atoms with Crippen molar-refractivity contribution in [3.05, 3.63) is 29.9 Å². The van der Waals surface area contributed by atoms with Gasteiger partial charge < -0.3 is 15.0 Å². The van der Waals surface area contributed by atoms with Crippen LogP contribution in [0.4, 0.5) is 0 Å². The quantitative estimate of drug-likeness (QED) is 0.830. The van der Waals surface area contributed by atoms with Gasteiger partial charge in [-0.2, -0.15) is 0 Å². The second kappa shape index (κ2) is 6.19. The Hall–Kier alpha value is -1.66. The summed E-state index contributed by atoms with van der Waals surface area (Å²) in [6.07, 6.45) is 5.09. The van der Waals surface area contributed by atoms with Crippen molar-refractivity contribution in [3.8, 4) is 10.7 Å². The molecule has 0 amide bonds. The van der Waals surface area contributed by atoms with Gasteiger partial charge in [0.15, 0.2) is 0 Å². The molecule has 0 aliphatic heterocycles. The van der Waals surface area contributed by atoms with E-state index in [9.17, 15) is 4.79 Å². The minimum absolute atomic E-state index is 0.374. The zero-order valence-electron chi connectivity index (χ0n) is 11.7. The molecular weight excluding hydrogens is 274 g/mol. The van der Waals surface area contributed by atoms with E-state index in [4.69, 9.17) is 10.5 Å². The number of rotatable bonds is 6. The second-order valence-electron chi connectivity index (χ2n) is 4.93. The number of methoxy groups -OCH3 is 1. The molecule has 2 rings (SSSR count). The molecule has 0 aliphatic rings. The summed E-state index contributed by atoms with van der Waals surface area (Å²) >= 11 is 1.66. The molecular formula is C14H19N3O2S. The summed E-state index contributed by atoms with van der Waals surface area (Å²) in [4.78, 5) is 17.0. The number of nitrogens with two attached hydrogens (primary N) is 1. The van der Waals surface area contributed by atoms with Crippen molar-refractivity contribution >= 4 is 17.3 Å². The minimum atomic E-state index is -0.932. The van der Waals surface area contributed by atoms with Crippen molar-refractivity contribution in [1.82, 2.24) is 9.55 Å². The average molecular weight is 293 g/mol. The monoisotopic (exact) mass is 293 g/mol. The van der Waals surface area contributed by atoms with Crippen LogP contribution in [0.2, 0.25) is 0 Å². The first-order valence-electron chi connectivity index (χ1n) is 6.47. The van der Waals surface area contributed by atoms with Gasteiger partial charge in [0.25, 0.3) is 0 Å². The average Bonchev–Trinajstić information content (AvgIpc) is 3.07. The highest BCUT2D eigenvalue weighted by Crippen LogP contribution is 2.23. The second-order valence-corrected chi connectivity index (χ2v) is 5.88. The number of imidazole rings is 1. The van der Waals surface area contributed by atoms with Gasteiger partial charge in [0, 0.05) is 18.9 Å². The Morgan fingerprint density at radius 3 is 3.05 bits per heavy atom. The van der Waals surface area contributed by atoms with Crippen LogP contribution in [0.25, 0.3) is 10.7 Å². The lowest BCUT2D eigenvalue weighted by atomic mass is 9.97. The van der Waals surface area contributed by atoms with Crippen LogP contribution in [0.1, 0.15) is 19.8 Å². The molecule has 20 heavy (non-hydrogen) atoms. The summed E-state index contributed by atoms with van der Waals surface area (Å²) in [5.41, 5.74) is 5.01. The maximum absolute atomic E-state index is 11.5. The van der Waals surface area contributed by atoms with E-state index in [1.54, 1.807) is 24.5 Å². The number of thiophene rings is 1. The fourth-order valence-electron chi connectivity index (χ4n) is 2.07. The van der Waals surface area contributed by atoms with E-state index >= 15 is 0 Å². The molecule has 0 radical (unpaired) electrons. The number of aromatic nitrogens is 2. The van der Waals surface area contributed by atoms with E-state index in [-0.39, 0.29) is 5.97 Å². The smallest absolute Gasteiger partial charge is 0.325 e. The highest BCUT2D eigenvalue weighted by atomic mass is 32.1. The van der Waals surface area contributed by atoms with E-state index in [2.05, 4.69) is 9.55 Å². The zero-order valence-corrected chi connectivity index (χ0v) is 12.5. The first-order valence-corrected chi connectivity index (χ1v) is 7.35. The number of esters is 1. The van der Waals surface area contributed by atoms with Crippen molar-refractivity contribution in [2.75, 3.05) is 7.11 Å². The summed E-state index contributed by atoms with van der Waals surface area (Å²) in [5, 5.41) is 2.03. The summed E-state index contributed by atoms with van der Waals surface area (Å²) in [6.45, 7) is 2.48. The molecule has 2 aromatic heterocycles. The van der Waals surface area contributed by atoms with Crippen LogP contribution in [0, 0.1) is 0 Å². The van der Waals surface area contributed by atoms with Gasteiger partial charge in [-0.15, -0.1) is 11.3 Å². The molecule has 0 saturated carbocycles. The third-order valence-electron chi connectivity index (χ3n) is 3.20. The van der Waals surface area contributed by atoms with Crippen LogP contribution in [0.3, 0.4) is 0 Å². The predicted molar refractivity (Wildman–Crippen MR) is 79.4 cm³/mol. The van der Waals surface area contributed by atoms with Gasteiger partial charge in [0.05, 0.1) is 12.0 Å². The fraction of sp³-hybridized carbons (Fsp3) is 0.429. The van der Waals surface area contributed by atoms with Crippen LogP contribution in [-0.2, 0) is 16.1 Å². The Kier molecular flexibility index (Phi) is 4.57. The maximum atomic E-state index is 11.5. The first kappa shape index (κ1) is 14.7. The van der Waals surface area contributed by atoms with Gasteiger partial charge in [-0.25, -0.2) is 4.98 Å². The van der Waals surface area contributed by atoms with Gasteiger partial charge >= 0.3 is 5.97 Å². The molecule has 5 nitrogen and oxygen atoms in total. The molecule has 0 aromatic carbocycles. The fourth-order valence-corrected chi connectivity index (χ4v) is 2.81. The summed E-state index contributed by atoms with van der Waals surface area (Å²) in [7, 11) is 1.36. The highest BCUT2D eigenvalue weighted by Gasteiger charge is 2.28. The van der Waals surface area contributed by atoms with Crippen molar-refractivity contribution < 1.29 is 9.53 Å². The molecule has 0 saturated heterocycles. The standard InChI is InChI=1S/C14H19N3O2S/c1-14(15,13(18)19-2)6-4-8-17-9-7-16-12(17)11-5-3-10-20-11/h3,5,7,9-10H,4,6,8,15H2,1-2H3. The van der Waals surface area contributed by atoms with Crippen LogP contribution >= 0.6 is 11.3 Å². The van der Waals surface area contributed by atoms with Crippen LogP contribution in [-0.4, -0.2) is 28.2 Å². The molecule has 0 spiro atoms. The molecule has 2 heterocycles. The SMILES string of the molecule is COC(=O)C(C)(N)CCCn1ccnc1-c1cccs1. The van der Waals surface area contributed by atoms with E-state index < -0.39 is 5.54 Å². The van der Waals surface area contributed by atoms with E-state index in [1.165, 1.54) is 7.11 Å². The Morgan fingerprint density at radius 1 is 1.60 bits per heavy atom. The molecule has 2 N–H and O–H groups in total. The normalized spacial score (nSPS) is 13.9. The topological polar surface area (TPSA) is 70.1 Å². The van der Waals surface area contributed by atoms with Crippen LogP contribution in [0.15, 0.2) is 29.9 Å². The summed E-state index contributed by atoms with van der Waals surface area (Å²) in [5.74, 6) is 0.582. The molecule has 0 aliphatic carbocycles.